The quantitative estimate of drug-likeness (QED) is 0.171. The first-order chi connectivity index (χ1) is 18.4. The molecule has 1 aliphatic heterocycles. The molecule has 1 atom stereocenters. The Kier molecular flexibility index (Phi) is 9.26. The molecule has 0 aliphatic carbocycles. The van der Waals surface area contributed by atoms with E-state index < -0.39 is 26.0 Å². The van der Waals surface area contributed by atoms with Gasteiger partial charge < -0.3 is 9.32 Å². The summed E-state index contributed by atoms with van der Waals surface area (Å²) >= 11 is 12.6. The van der Waals surface area contributed by atoms with Gasteiger partial charge in [0.2, 0.25) is 5.58 Å². The molecule has 4 rings (SSSR count). The van der Waals surface area contributed by atoms with Crippen molar-refractivity contribution in [3.05, 3.63) is 63.6 Å². The van der Waals surface area contributed by atoms with Crippen molar-refractivity contribution in [1.82, 2.24) is 5.48 Å². The second-order valence-corrected chi connectivity index (χ2v) is 13.3. The molecule has 0 saturated heterocycles. The Morgan fingerprint density at radius 3 is 2.54 bits per heavy atom. The highest BCUT2D eigenvalue weighted by molar-refractivity contribution is 7.86. The van der Waals surface area contributed by atoms with E-state index in [4.69, 9.17) is 31.9 Å². The number of oxazole rings is 1. The number of hydroxylamine groups is 1. The number of nitrogens with one attached hydrogen (secondary N) is 1. The van der Waals surface area contributed by atoms with Crippen LogP contribution in [-0.2, 0) is 31.1 Å². The largest absolute Gasteiger partial charge is 0.398 e. The number of anilines is 1. The Balaban J connectivity index is 1.72. The fourth-order valence-corrected chi connectivity index (χ4v) is 6.33. The van der Waals surface area contributed by atoms with Crippen LogP contribution >= 0.6 is 23.2 Å². The van der Waals surface area contributed by atoms with Crippen LogP contribution in [0.2, 0.25) is 10.0 Å². The average molecular weight is 620 g/mol. The molecule has 3 aromatic rings. The number of benzene rings is 2. The van der Waals surface area contributed by atoms with E-state index in [1.807, 2.05) is 40.7 Å². The molecule has 1 unspecified atom stereocenters. The summed E-state index contributed by atoms with van der Waals surface area (Å²) in [4.78, 5) is 2.01. The summed E-state index contributed by atoms with van der Waals surface area (Å²) in [6, 6.07) is 10.8. The molecular formula is C25H30Cl2N3O7S2+. The molecule has 1 aliphatic rings. The minimum Gasteiger partial charge on any atom is -0.398 e. The zero-order valence-corrected chi connectivity index (χ0v) is 24.6. The molecule has 14 heteroatoms. The molecule has 2 heterocycles. The number of halogens is 2. The SMILES string of the molecule is CCNOS(=O)(=O)CCCN1C(=Cc2oc3ccc(Cl)cc3[n+]2CCCS(=O)(=O)O)C(C)c2ccc(Cl)cc21. The second-order valence-electron chi connectivity index (χ2n) is 9.19. The highest BCUT2D eigenvalue weighted by atomic mass is 35.5. The lowest BCUT2D eigenvalue weighted by Gasteiger charge is -2.22. The van der Waals surface area contributed by atoms with Crippen molar-refractivity contribution >= 4 is 66.3 Å². The van der Waals surface area contributed by atoms with Gasteiger partial charge >= 0.3 is 5.89 Å². The van der Waals surface area contributed by atoms with Crippen molar-refractivity contribution in [3.8, 4) is 0 Å². The fraction of sp³-hybridized carbons (Fsp3) is 0.400. The topological polar surface area (TPSA) is 130 Å². The first-order valence-electron chi connectivity index (χ1n) is 12.4. The molecule has 0 spiro atoms. The average Bonchev–Trinajstić information content (AvgIpc) is 3.31. The molecule has 10 nitrogen and oxygen atoms in total. The van der Waals surface area contributed by atoms with E-state index >= 15 is 0 Å². The van der Waals surface area contributed by atoms with Crippen LogP contribution in [0.15, 0.2) is 46.5 Å². The highest BCUT2D eigenvalue weighted by Gasteiger charge is 2.33. The van der Waals surface area contributed by atoms with E-state index in [2.05, 4.69) is 5.48 Å². The normalized spacial score (nSPS) is 16.9. The van der Waals surface area contributed by atoms with Crippen molar-refractivity contribution in [2.75, 3.05) is 29.5 Å². The van der Waals surface area contributed by atoms with Gasteiger partial charge in [-0.1, -0.05) is 43.1 Å². The highest BCUT2D eigenvalue weighted by Crippen LogP contribution is 2.45. The minimum absolute atomic E-state index is 0.0741. The summed E-state index contributed by atoms with van der Waals surface area (Å²) in [5.74, 6) is -0.210. The maximum Gasteiger partial charge on any atom is 0.375 e. The number of nitrogens with zero attached hydrogens (tertiary/aromatic N) is 2. The number of allylic oxidation sites excluding steroid dienone is 1. The van der Waals surface area contributed by atoms with Crippen LogP contribution in [0.1, 0.15) is 44.1 Å². The number of rotatable bonds is 12. The van der Waals surface area contributed by atoms with Gasteiger partial charge in [-0.25, -0.2) is 0 Å². The van der Waals surface area contributed by atoms with Gasteiger partial charge in [-0.2, -0.15) is 31.2 Å². The Morgan fingerprint density at radius 1 is 1.10 bits per heavy atom. The van der Waals surface area contributed by atoms with Crippen LogP contribution in [0.3, 0.4) is 0 Å². The maximum absolute atomic E-state index is 12.2. The molecule has 39 heavy (non-hydrogen) atoms. The smallest absolute Gasteiger partial charge is 0.375 e. The lowest BCUT2D eigenvalue weighted by molar-refractivity contribution is -0.677. The third kappa shape index (κ3) is 7.31. The van der Waals surface area contributed by atoms with E-state index in [1.54, 1.807) is 25.1 Å². The molecule has 0 fully saturated rings. The van der Waals surface area contributed by atoms with E-state index in [0.29, 0.717) is 40.1 Å². The predicted molar refractivity (Wildman–Crippen MR) is 151 cm³/mol. The summed E-state index contributed by atoms with van der Waals surface area (Å²) in [6.07, 6.45) is 2.30. The van der Waals surface area contributed by atoms with E-state index in [-0.39, 0.29) is 31.1 Å². The Morgan fingerprint density at radius 2 is 1.82 bits per heavy atom. The minimum atomic E-state index is -4.13. The van der Waals surface area contributed by atoms with Crippen molar-refractivity contribution in [3.63, 3.8) is 0 Å². The molecule has 0 amide bonds. The number of aryl methyl sites for hydroxylation is 1. The standard InChI is InChI=1S/C25H29Cl2N3O7S2/c1-3-28-37-39(34,35)13-5-10-29-21(17(2)20-8-6-18(26)14-22(20)29)16-25-30(11-4-12-38(31,32)33)23-15-19(27)7-9-24(23)36-25/h6-9,14-17,28H,3-5,10-13H2,1-2H3/p+1. The maximum atomic E-state index is 12.2. The molecule has 212 valence electrons. The zero-order valence-electron chi connectivity index (χ0n) is 21.4. The van der Waals surface area contributed by atoms with Gasteiger partial charge in [0, 0.05) is 52.9 Å². The first kappa shape index (κ1) is 29.8. The summed E-state index contributed by atoms with van der Waals surface area (Å²) in [5.41, 5.74) is 6.35. The monoisotopic (exact) mass is 618 g/mol. The van der Waals surface area contributed by atoms with Gasteiger partial charge in [0.1, 0.15) is 0 Å². The summed E-state index contributed by atoms with van der Waals surface area (Å²) in [6.45, 7) is 4.74. The van der Waals surface area contributed by atoms with Crippen molar-refractivity contribution < 1.29 is 34.7 Å². The van der Waals surface area contributed by atoms with Crippen LogP contribution in [0.25, 0.3) is 17.2 Å². The van der Waals surface area contributed by atoms with Gasteiger partial charge in [-0.05, 0) is 36.2 Å². The first-order valence-corrected chi connectivity index (χ1v) is 16.3. The summed E-state index contributed by atoms with van der Waals surface area (Å²) in [7, 11) is -7.88. The number of hydrogen-bond donors (Lipinski definition) is 2. The van der Waals surface area contributed by atoms with Gasteiger partial charge in [0.25, 0.3) is 25.8 Å². The Bertz CT molecular complexity index is 1610. The molecule has 0 bridgehead atoms. The number of hydrogen-bond acceptors (Lipinski definition) is 8. The number of fused-ring (bicyclic) bond motifs is 2. The predicted octanol–water partition coefficient (Wildman–Crippen LogP) is 4.53. The molecular weight excluding hydrogens is 589 g/mol. The van der Waals surface area contributed by atoms with Crippen LogP contribution < -0.4 is 14.9 Å². The molecule has 0 saturated carbocycles. The fourth-order valence-electron chi connectivity index (χ4n) is 4.64. The zero-order chi connectivity index (χ0) is 28.4. The van der Waals surface area contributed by atoms with Crippen LogP contribution in [0, 0.1) is 0 Å². The third-order valence-electron chi connectivity index (χ3n) is 6.36. The van der Waals surface area contributed by atoms with Gasteiger partial charge in [-0.15, -0.1) is 0 Å². The second kappa shape index (κ2) is 12.1. The van der Waals surface area contributed by atoms with Gasteiger partial charge in [0.15, 0.2) is 6.54 Å². The third-order valence-corrected chi connectivity index (χ3v) is 8.79. The summed E-state index contributed by atoms with van der Waals surface area (Å²) < 4.78 is 69.0. The summed E-state index contributed by atoms with van der Waals surface area (Å²) in [5, 5.41) is 1.04. The Labute approximate surface area is 238 Å². The molecule has 2 N–H and O–H groups in total. The van der Waals surface area contributed by atoms with Crippen molar-refractivity contribution in [1.29, 1.82) is 0 Å². The van der Waals surface area contributed by atoms with Gasteiger partial charge in [-0.3, -0.25) is 4.55 Å². The molecule has 0 radical (unpaired) electrons. The van der Waals surface area contributed by atoms with Crippen LogP contribution in [0.5, 0.6) is 0 Å². The lowest BCUT2D eigenvalue weighted by Crippen LogP contribution is -2.36. The number of aromatic nitrogens is 1. The molecule has 1 aromatic heterocycles. The van der Waals surface area contributed by atoms with Gasteiger partial charge in [0.05, 0.1) is 17.6 Å². The van der Waals surface area contributed by atoms with Crippen molar-refractivity contribution in [2.24, 2.45) is 0 Å². The van der Waals surface area contributed by atoms with Crippen molar-refractivity contribution in [2.45, 2.75) is 39.2 Å². The van der Waals surface area contributed by atoms with E-state index in [0.717, 1.165) is 16.9 Å². The lowest BCUT2D eigenvalue weighted by atomic mass is 10.0. The van der Waals surface area contributed by atoms with Crippen LogP contribution in [-0.4, -0.2) is 46.0 Å². The van der Waals surface area contributed by atoms with E-state index in [9.17, 15) is 21.4 Å². The molecule has 2 aromatic carbocycles. The van der Waals surface area contributed by atoms with E-state index in [1.165, 1.54) is 0 Å². The Hall–Kier alpha value is -2.19. The van der Waals surface area contributed by atoms with Crippen LogP contribution in [0.4, 0.5) is 5.69 Å².